The number of benzene rings is 2. The number of ether oxygens (including phenoxy) is 3. The van der Waals surface area contributed by atoms with Crippen molar-refractivity contribution in [2.45, 2.75) is 58.6 Å². The van der Waals surface area contributed by atoms with E-state index in [9.17, 15) is 4.79 Å². The maximum atomic E-state index is 12.8. The Hall–Kier alpha value is -3.92. The van der Waals surface area contributed by atoms with Crippen LogP contribution in [0.4, 0.5) is 10.5 Å². The zero-order valence-electron chi connectivity index (χ0n) is 24.2. The van der Waals surface area contributed by atoms with E-state index in [1.807, 2.05) is 70.1 Å². The molecule has 1 aliphatic carbocycles. The molecule has 0 unspecified atom stereocenters. The highest BCUT2D eigenvalue weighted by molar-refractivity contribution is 5.91. The number of aromatic nitrogens is 4. The van der Waals surface area contributed by atoms with Crippen LogP contribution in [0.5, 0.6) is 5.75 Å². The van der Waals surface area contributed by atoms with Gasteiger partial charge in [0.2, 0.25) is 0 Å². The van der Waals surface area contributed by atoms with Gasteiger partial charge in [0.15, 0.2) is 6.79 Å². The zero-order chi connectivity index (χ0) is 28.4. The van der Waals surface area contributed by atoms with E-state index in [0.717, 1.165) is 58.0 Å². The van der Waals surface area contributed by atoms with Crippen LogP contribution in [0.25, 0.3) is 33.2 Å². The van der Waals surface area contributed by atoms with Crippen molar-refractivity contribution in [3.8, 4) is 17.0 Å². The molecule has 40 heavy (non-hydrogen) atoms. The minimum absolute atomic E-state index is 0.119. The summed E-state index contributed by atoms with van der Waals surface area (Å²) in [6.07, 6.45) is 6.70. The van der Waals surface area contributed by atoms with Crippen LogP contribution in [0.2, 0.25) is 0 Å². The molecule has 212 valence electrons. The van der Waals surface area contributed by atoms with Crippen molar-refractivity contribution in [2.75, 3.05) is 32.3 Å². The van der Waals surface area contributed by atoms with Crippen molar-refractivity contribution in [1.29, 1.82) is 0 Å². The topological polar surface area (TPSA) is 104 Å². The van der Waals surface area contributed by atoms with Gasteiger partial charge in [0, 0.05) is 61.7 Å². The number of hydrogen-bond acceptors (Lipinski definition) is 8. The molecular weight excluding hydrogens is 508 g/mol. The number of anilines is 1. The third-order valence-electron chi connectivity index (χ3n) is 7.06. The van der Waals surface area contributed by atoms with E-state index in [-0.39, 0.29) is 18.9 Å². The van der Waals surface area contributed by atoms with Crippen LogP contribution in [-0.2, 0) is 16.5 Å². The molecule has 1 amide bonds. The van der Waals surface area contributed by atoms with Gasteiger partial charge in [-0.25, -0.2) is 9.78 Å². The maximum Gasteiger partial charge on any atom is 0.410 e. The number of nitrogens with zero attached hydrogens (tertiary/aromatic N) is 5. The normalized spacial score (nSPS) is 13.8. The molecule has 10 heteroatoms. The number of hydrogen-bond donors (Lipinski definition) is 1. The molecule has 0 radical (unpaired) electrons. The van der Waals surface area contributed by atoms with Gasteiger partial charge in [0.05, 0.1) is 28.4 Å². The van der Waals surface area contributed by atoms with E-state index in [4.69, 9.17) is 24.2 Å². The zero-order valence-corrected chi connectivity index (χ0v) is 24.2. The van der Waals surface area contributed by atoms with Crippen LogP contribution in [0.1, 0.15) is 45.6 Å². The van der Waals surface area contributed by atoms with E-state index in [1.165, 1.54) is 0 Å². The number of carbonyl (C=O) groups excluding carboxylic acids is 1. The fraction of sp³-hybridized carbons (Fsp3) is 0.467. The number of amides is 1. The molecule has 0 aliphatic heterocycles. The lowest BCUT2D eigenvalue weighted by Crippen LogP contribution is -2.48. The molecule has 0 spiro atoms. The Morgan fingerprint density at radius 2 is 2.00 bits per heavy atom. The summed E-state index contributed by atoms with van der Waals surface area (Å²) < 4.78 is 18.6. The molecule has 2 aromatic heterocycles. The number of fused-ring (bicyclic) bond motifs is 2. The molecule has 2 aromatic carbocycles. The predicted octanol–water partition coefficient (Wildman–Crippen LogP) is 5.68. The van der Waals surface area contributed by atoms with Crippen LogP contribution >= 0.6 is 0 Å². The van der Waals surface area contributed by atoms with Crippen molar-refractivity contribution in [3.63, 3.8) is 0 Å². The first-order valence-corrected chi connectivity index (χ1v) is 13.7. The van der Waals surface area contributed by atoms with Crippen molar-refractivity contribution in [3.05, 3.63) is 42.2 Å². The average Bonchev–Trinajstić information content (AvgIpc) is 3.25. The molecule has 1 fully saturated rings. The second kappa shape index (κ2) is 11.3. The largest absolute Gasteiger partial charge is 0.466 e. The van der Waals surface area contributed by atoms with E-state index in [1.54, 1.807) is 18.0 Å². The smallest absolute Gasteiger partial charge is 0.410 e. The second-order valence-corrected chi connectivity index (χ2v) is 11.3. The monoisotopic (exact) mass is 546 g/mol. The van der Waals surface area contributed by atoms with Crippen LogP contribution in [0.3, 0.4) is 0 Å². The number of carbonyl (C=O) groups is 1. The molecule has 1 aliphatic rings. The third kappa shape index (κ3) is 5.96. The van der Waals surface area contributed by atoms with Gasteiger partial charge in [-0.1, -0.05) is 0 Å². The van der Waals surface area contributed by atoms with Crippen molar-refractivity contribution in [2.24, 2.45) is 7.05 Å². The van der Waals surface area contributed by atoms with Gasteiger partial charge in [-0.05, 0) is 71.2 Å². The highest BCUT2D eigenvalue weighted by Gasteiger charge is 2.31. The third-order valence-corrected chi connectivity index (χ3v) is 7.06. The quantitative estimate of drug-likeness (QED) is 0.268. The lowest BCUT2D eigenvalue weighted by Gasteiger charge is -2.38. The number of nitrogens with one attached hydrogen (secondary N) is 1. The summed E-state index contributed by atoms with van der Waals surface area (Å²) in [6.45, 7) is 8.99. The second-order valence-electron chi connectivity index (χ2n) is 11.3. The molecule has 2 heterocycles. The van der Waals surface area contributed by atoms with Crippen molar-refractivity contribution in [1.82, 2.24) is 24.6 Å². The maximum absolute atomic E-state index is 12.8. The van der Waals surface area contributed by atoms with Crippen LogP contribution < -0.4 is 10.1 Å². The SMILES string of the molecule is COCOc1c(-c2cnc3cc(NCCN(C(=O)OC(C)(C)C)C4CCC4)ccc3n2)cc2cn(C)nc2c1C. The molecule has 0 bridgehead atoms. The van der Waals surface area contributed by atoms with E-state index < -0.39 is 5.60 Å². The lowest BCUT2D eigenvalue weighted by molar-refractivity contribution is 0.00824. The standard InChI is InChI=1S/C30H38N6O4/c1-19-27-20(17-35(5)34-27)14-23(28(19)39-18-38-6)26-16-32-25-15-21(10-11-24(25)33-26)31-12-13-36(22-8-7-9-22)29(37)40-30(2,3)4/h10-11,14-17,22,31H,7-9,12-13,18H2,1-6H3. The van der Waals surface area contributed by atoms with Crippen LogP contribution in [0.15, 0.2) is 36.7 Å². The summed E-state index contributed by atoms with van der Waals surface area (Å²) in [4.78, 5) is 24.3. The summed E-state index contributed by atoms with van der Waals surface area (Å²) in [7, 11) is 3.50. The van der Waals surface area contributed by atoms with Gasteiger partial charge in [0.1, 0.15) is 11.4 Å². The molecule has 0 atom stereocenters. The summed E-state index contributed by atoms with van der Waals surface area (Å²) in [6, 6.07) is 8.21. The predicted molar refractivity (Wildman–Crippen MR) is 156 cm³/mol. The molecule has 5 rings (SSSR count). The fourth-order valence-corrected chi connectivity index (χ4v) is 4.94. The summed E-state index contributed by atoms with van der Waals surface area (Å²) >= 11 is 0. The molecule has 0 saturated heterocycles. The van der Waals surface area contributed by atoms with Gasteiger partial charge in [-0.15, -0.1) is 0 Å². The van der Waals surface area contributed by atoms with Gasteiger partial charge < -0.3 is 24.4 Å². The Morgan fingerprint density at radius 1 is 1.20 bits per heavy atom. The summed E-state index contributed by atoms with van der Waals surface area (Å²) in [5, 5.41) is 9.02. The first kappa shape index (κ1) is 27.6. The molecule has 1 N–H and O–H groups in total. The first-order chi connectivity index (χ1) is 19.1. The number of aryl methyl sites for hydroxylation is 2. The lowest BCUT2D eigenvalue weighted by atomic mass is 9.92. The van der Waals surface area contributed by atoms with Gasteiger partial charge >= 0.3 is 6.09 Å². The van der Waals surface area contributed by atoms with Gasteiger partial charge in [-0.2, -0.15) is 5.10 Å². The summed E-state index contributed by atoms with van der Waals surface area (Å²) in [5.41, 5.74) is 5.31. The number of rotatable bonds is 9. The van der Waals surface area contributed by atoms with Crippen LogP contribution in [-0.4, -0.2) is 69.4 Å². The molecule has 4 aromatic rings. The minimum Gasteiger partial charge on any atom is -0.466 e. The van der Waals surface area contributed by atoms with Crippen LogP contribution in [0, 0.1) is 6.92 Å². The minimum atomic E-state index is -0.512. The Balaban J connectivity index is 1.34. The Kier molecular flexibility index (Phi) is 7.80. The molecule has 1 saturated carbocycles. The number of methoxy groups -OCH3 is 1. The van der Waals surface area contributed by atoms with Gasteiger partial charge in [0.25, 0.3) is 0 Å². The highest BCUT2D eigenvalue weighted by atomic mass is 16.7. The van der Waals surface area contributed by atoms with E-state index >= 15 is 0 Å². The van der Waals surface area contributed by atoms with Crippen molar-refractivity contribution >= 4 is 33.7 Å². The first-order valence-electron chi connectivity index (χ1n) is 13.7. The van der Waals surface area contributed by atoms with Gasteiger partial charge in [-0.3, -0.25) is 9.67 Å². The molecular formula is C30H38N6O4. The Bertz CT molecular complexity index is 1520. The molecule has 10 nitrogen and oxygen atoms in total. The van der Waals surface area contributed by atoms with E-state index in [0.29, 0.717) is 24.5 Å². The van der Waals surface area contributed by atoms with Crippen molar-refractivity contribution < 1.29 is 19.0 Å². The fourth-order valence-electron chi connectivity index (χ4n) is 4.94. The average molecular weight is 547 g/mol. The van der Waals surface area contributed by atoms with E-state index in [2.05, 4.69) is 10.4 Å². The Morgan fingerprint density at radius 3 is 2.70 bits per heavy atom. The highest BCUT2D eigenvalue weighted by Crippen LogP contribution is 2.37. The summed E-state index contributed by atoms with van der Waals surface area (Å²) in [5.74, 6) is 0.681. The Labute approximate surface area is 234 Å².